The summed E-state index contributed by atoms with van der Waals surface area (Å²) in [5.74, 6) is 1.41. The summed E-state index contributed by atoms with van der Waals surface area (Å²) >= 11 is 0. The molecule has 1 heterocycles. The van der Waals surface area contributed by atoms with Crippen LogP contribution in [0.4, 0.5) is 13.2 Å². The van der Waals surface area contributed by atoms with Gasteiger partial charge in [0.1, 0.15) is 19.0 Å². The molecule has 2 N–H and O–H groups in total. The van der Waals surface area contributed by atoms with Gasteiger partial charge in [-0.1, -0.05) is 0 Å². The van der Waals surface area contributed by atoms with Gasteiger partial charge in [-0.05, 0) is 31.9 Å². The Bertz CT molecular complexity index is 465. The van der Waals surface area contributed by atoms with Crippen molar-refractivity contribution in [1.29, 1.82) is 0 Å². The monoisotopic (exact) mass is 365 g/mol. The number of rotatable bonds is 12. The molecule has 0 aliphatic heterocycles. The van der Waals surface area contributed by atoms with Crippen molar-refractivity contribution in [3.63, 3.8) is 0 Å². The summed E-state index contributed by atoms with van der Waals surface area (Å²) in [6.45, 7) is 3.55. The van der Waals surface area contributed by atoms with Crippen LogP contribution >= 0.6 is 0 Å². The molecule has 6 nitrogen and oxygen atoms in total. The van der Waals surface area contributed by atoms with Gasteiger partial charge < -0.3 is 24.5 Å². The molecule has 0 aromatic carbocycles. The largest absolute Gasteiger partial charge is 0.467 e. The van der Waals surface area contributed by atoms with Gasteiger partial charge >= 0.3 is 6.18 Å². The van der Waals surface area contributed by atoms with E-state index in [4.69, 9.17) is 9.15 Å². The second-order valence-electron chi connectivity index (χ2n) is 5.19. The van der Waals surface area contributed by atoms with Crippen molar-refractivity contribution in [3.05, 3.63) is 24.2 Å². The number of alkyl halides is 3. The number of hydrogen-bond donors (Lipinski definition) is 2. The number of hydrogen-bond acceptors (Lipinski definition) is 4. The third-order valence-electron chi connectivity index (χ3n) is 2.91. The Kier molecular flexibility index (Phi) is 10.7. The average molecular weight is 365 g/mol. The molecule has 0 atom stereocenters. The summed E-state index contributed by atoms with van der Waals surface area (Å²) in [4.78, 5) is 4.38. The normalized spacial score (nSPS) is 12.4. The van der Waals surface area contributed by atoms with Crippen molar-refractivity contribution in [1.82, 2.24) is 10.6 Å². The Morgan fingerprint density at radius 2 is 2.00 bits per heavy atom. The van der Waals surface area contributed by atoms with E-state index in [0.717, 1.165) is 12.2 Å². The molecule has 1 aromatic heterocycles. The van der Waals surface area contributed by atoms with Gasteiger partial charge in [-0.15, -0.1) is 0 Å². The summed E-state index contributed by atoms with van der Waals surface area (Å²) in [6, 6.07) is 3.66. The van der Waals surface area contributed by atoms with Crippen molar-refractivity contribution in [2.24, 2.45) is 4.99 Å². The van der Waals surface area contributed by atoms with Crippen LogP contribution in [0.5, 0.6) is 0 Å². The SMILES string of the molecule is CCNC(=NCCCOCc1ccco1)NCCCOCC(F)(F)F. The predicted octanol–water partition coefficient (Wildman–Crippen LogP) is 2.71. The van der Waals surface area contributed by atoms with Crippen LogP contribution in [-0.2, 0) is 16.1 Å². The van der Waals surface area contributed by atoms with Crippen molar-refractivity contribution >= 4 is 5.96 Å². The average Bonchev–Trinajstić information content (AvgIpc) is 3.06. The van der Waals surface area contributed by atoms with Gasteiger partial charge in [0.15, 0.2) is 5.96 Å². The van der Waals surface area contributed by atoms with Gasteiger partial charge in [-0.3, -0.25) is 4.99 Å². The second kappa shape index (κ2) is 12.6. The van der Waals surface area contributed by atoms with E-state index in [1.807, 2.05) is 19.1 Å². The summed E-state index contributed by atoms with van der Waals surface area (Å²) in [6.07, 6.45) is -1.45. The lowest BCUT2D eigenvalue weighted by molar-refractivity contribution is -0.173. The number of aliphatic imine (C=N–C) groups is 1. The molecule has 0 radical (unpaired) electrons. The summed E-state index contributed by atoms with van der Waals surface area (Å²) < 4.78 is 50.9. The number of furan rings is 1. The van der Waals surface area contributed by atoms with E-state index in [0.29, 0.717) is 45.2 Å². The second-order valence-corrected chi connectivity index (χ2v) is 5.19. The third kappa shape index (κ3) is 12.3. The third-order valence-corrected chi connectivity index (χ3v) is 2.91. The number of guanidine groups is 1. The number of halogens is 3. The Morgan fingerprint density at radius 3 is 2.68 bits per heavy atom. The molecule has 1 aromatic rings. The standard InChI is InChI=1S/C16H26F3N3O3/c1-2-20-15(22-8-5-10-24-13-16(17,18)19)21-7-4-9-23-12-14-6-3-11-25-14/h3,6,11H,2,4-5,7-10,12-13H2,1H3,(H2,20,21,22). The fourth-order valence-corrected chi connectivity index (χ4v) is 1.84. The Labute approximate surface area is 145 Å². The van der Waals surface area contributed by atoms with E-state index in [2.05, 4.69) is 20.4 Å². The maximum atomic E-state index is 11.9. The summed E-state index contributed by atoms with van der Waals surface area (Å²) in [7, 11) is 0. The molecule has 0 saturated heterocycles. The fraction of sp³-hybridized carbons (Fsp3) is 0.688. The van der Waals surface area contributed by atoms with Gasteiger partial charge in [0.05, 0.1) is 6.26 Å². The van der Waals surface area contributed by atoms with E-state index in [9.17, 15) is 13.2 Å². The molecule has 0 saturated carbocycles. The zero-order valence-electron chi connectivity index (χ0n) is 14.4. The molecule has 1 rings (SSSR count). The highest BCUT2D eigenvalue weighted by Crippen LogP contribution is 2.14. The molecule has 144 valence electrons. The molecule has 25 heavy (non-hydrogen) atoms. The first-order chi connectivity index (χ1) is 12.0. The summed E-state index contributed by atoms with van der Waals surface area (Å²) in [5, 5.41) is 6.13. The molecular weight excluding hydrogens is 339 g/mol. The van der Waals surface area contributed by atoms with E-state index >= 15 is 0 Å². The quantitative estimate of drug-likeness (QED) is 0.339. The minimum Gasteiger partial charge on any atom is -0.467 e. The molecule has 0 aliphatic carbocycles. The van der Waals surface area contributed by atoms with Crippen LogP contribution in [-0.4, -0.2) is 51.6 Å². The van der Waals surface area contributed by atoms with Gasteiger partial charge in [-0.25, -0.2) is 0 Å². The highest BCUT2D eigenvalue weighted by Gasteiger charge is 2.27. The van der Waals surface area contributed by atoms with Gasteiger partial charge in [0.25, 0.3) is 0 Å². The van der Waals surface area contributed by atoms with Crippen LogP contribution in [0.3, 0.4) is 0 Å². The van der Waals surface area contributed by atoms with E-state index in [-0.39, 0.29) is 6.61 Å². The lowest BCUT2D eigenvalue weighted by Crippen LogP contribution is -2.38. The Hall–Kier alpha value is -1.74. The molecule has 0 spiro atoms. The van der Waals surface area contributed by atoms with Gasteiger partial charge in [0, 0.05) is 32.8 Å². The van der Waals surface area contributed by atoms with Gasteiger partial charge in [0.2, 0.25) is 0 Å². The molecule has 0 unspecified atom stereocenters. The first-order valence-corrected chi connectivity index (χ1v) is 8.28. The molecule has 0 aliphatic rings. The summed E-state index contributed by atoms with van der Waals surface area (Å²) in [5.41, 5.74) is 0. The van der Waals surface area contributed by atoms with Crippen LogP contribution in [0, 0.1) is 0 Å². The van der Waals surface area contributed by atoms with Crippen LogP contribution in [0.1, 0.15) is 25.5 Å². The van der Waals surface area contributed by atoms with Crippen LogP contribution in [0.25, 0.3) is 0 Å². The highest BCUT2D eigenvalue weighted by molar-refractivity contribution is 5.79. The van der Waals surface area contributed by atoms with E-state index in [1.165, 1.54) is 0 Å². The molecule has 9 heteroatoms. The van der Waals surface area contributed by atoms with Crippen LogP contribution in [0.2, 0.25) is 0 Å². The molecular formula is C16H26F3N3O3. The van der Waals surface area contributed by atoms with Crippen molar-refractivity contribution in [2.45, 2.75) is 32.5 Å². The first-order valence-electron chi connectivity index (χ1n) is 8.28. The van der Waals surface area contributed by atoms with E-state index < -0.39 is 12.8 Å². The maximum absolute atomic E-state index is 11.9. The zero-order valence-corrected chi connectivity index (χ0v) is 14.4. The number of nitrogens with one attached hydrogen (secondary N) is 2. The topological polar surface area (TPSA) is 68.0 Å². The van der Waals surface area contributed by atoms with E-state index in [1.54, 1.807) is 6.26 Å². The molecule has 0 fully saturated rings. The maximum Gasteiger partial charge on any atom is 0.411 e. The smallest absolute Gasteiger partial charge is 0.411 e. The lowest BCUT2D eigenvalue weighted by atomic mass is 10.4. The Morgan fingerprint density at radius 1 is 1.20 bits per heavy atom. The van der Waals surface area contributed by atoms with Crippen LogP contribution < -0.4 is 10.6 Å². The molecule has 0 amide bonds. The minimum atomic E-state index is -4.27. The predicted molar refractivity (Wildman–Crippen MR) is 88.5 cm³/mol. The van der Waals surface area contributed by atoms with Crippen molar-refractivity contribution < 1.29 is 27.1 Å². The number of ether oxygens (including phenoxy) is 2. The minimum absolute atomic E-state index is 0.0481. The first kappa shape index (κ1) is 21.3. The highest BCUT2D eigenvalue weighted by atomic mass is 19.4. The number of nitrogens with zero attached hydrogens (tertiary/aromatic N) is 1. The van der Waals surface area contributed by atoms with Crippen LogP contribution in [0.15, 0.2) is 27.8 Å². The van der Waals surface area contributed by atoms with Crippen molar-refractivity contribution in [3.8, 4) is 0 Å². The van der Waals surface area contributed by atoms with Crippen molar-refractivity contribution in [2.75, 3.05) is 39.5 Å². The van der Waals surface area contributed by atoms with Gasteiger partial charge in [-0.2, -0.15) is 13.2 Å². The molecule has 0 bridgehead atoms. The lowest BCUT2D eigenvalue weighted by Gasteiger charge is -2.12. The zero-order chi connectivity index (χ0) is 18.4. The fourth-order valence-electron chi connectivity index (χ4n) is 1.84. The Balaban J connectivity index is 2.07.